The molecule has 92 valence electrons. The molecular weight excluding hydrogens is 240 g/mol. The van der Waals surface area contributed by atoms with Gasteiger partial charge in [0, 0.05) is 18.3 Å². The summed E-state index contributed by atoms with van der Waals surface area (Å²) < 4.78 is 27.6. The molecule has 0 bridgehead atoms. The molecule has 5 nitrogen and oxygen atoms in total. The van der Waals surface area contributed by atoms with Crippen LogP contribution in [0.2, 0.25) is 0 Å². The van der Waals surface area contributed by atoms with Crippen LogP contribution in [0.3, 0.4) is 0 Å². The number of fused-ring (bicyclic) bond motifs is 1. The molecule has 2 aromatic heterocycles. The number of hydrogen-bond donors (Lipinski definition) is 2. The second-order valence-corrected chi connectivity index (χ2v) is 3.94. The van der Waals surface area contributed by atoms with Crippen LogP contribution in [0.1, 0.15) is 5.82 Å². The van der Waals surface area contributed by atoms with E-state index in [0.29, 0.717) is 29.1 Å². The molecule has 0 aliphatic heterocycles. The third-order valence-electron chi connectivity index (χ3n) is 2.54. The van der Waals surface area contributed by atoms with Crippen molar-refractivity contribution in [1.29, 1.82) is 0 Å². The smallest absolute Gasteiger partial charge is 0.161 e. The van der Waals surface area contributed by atoms with Crippen molar-refractivity contribution >= 4 is 16.7 Å². The topological polar surface area (TPSA) is 72.5 Å². The highest BCUT2D eigenvalue weighted by Crippen LogP contribution is 2.16. The molecule has 0 aliphatic carbocycles. The average Bonchev–Trinajstić information content (AvgIpc) is 2.86. The third kappa shape index (κ3) is 1.79. The molecule has 0 saturated carbocycles. The number of nitrogens with zero attached hydrogens (tertiary/aromatic N) is 3. The Kier molecular flexibility index (Phi) is 2.26. The van der Waals surface area contributed by atoms with E-state index in [1.165, 1.54) is 6.20 Å². The van der Waals surface area contributed by atoms with Gasteiger partial charge in [-0.2, -0.15) is 5.10 Å². The first-order valence-corrected chi connectivity index (χ1v) is 5.23. The number of nitrogens with two attached hydrogens (primary N) is 1. The number of imidazole rings is 1. The highest BCUT2D eigenvalue weighted by Gasteiger charge is 2.09. The second-order valence-electron chi connectivity index (χ2n) is 3.94. The number of benzene rings is 1. The first-order chi connectivity index (χ1) is 8.61. The highest BCUT2D eigenvalue weighted by atomic mass is 19.2. The first kappa shape index (κ1) is 10.7. The monoisotopic (exact) mass is 249 g/mol. The normalized spacial score (nSPS) is 11.2. The van der Waals surface area contributed by atoms with Crippen molar-refractivity contribution in [1.82, 2.24) is 19.7 Å². The molecule has 0 fully saturated rings. The minimum absolute atomic E-state index is 0.356. The van der Waals surface area contributed by atoms with Gasteiger partial charge in [-0.15, -0.1) is 0 Å². The van der Waals surface area contributed by atoms with Crippen LogP contribution in [0.25, 0.3) is 11.0 Å². The Morgan fingerprint density at radius 3 is 2.78 bits per heavy atom. The summed E-state index contributed by atoms with van der Waals surface area (Å²) in [5, 5.41) is 4.00. The largest absolute Gasteiger partial charge is 0.396 e. The van der Waals surface area contributed by atoms with Crippen molar-refractivity contribution in [3.05, 3.63) is 42.0 Å². The van der Waals surface area contributed by atoms with Gasteiger partial charge in [-0.25, -0.2) is 13.8 Å². The van der Waals surface area contributed by atoms with E-state index in [1.807, 2.05) is 0 Å². The number of hydrogen-bond acceptors (Lipinski definition) is 3. The van der Waals surface area contributed by atoms with Crippen LogP contribution in [0, 0.1) is 11.6 Å². The zero-order valence-electron chi connectivity index (χ0n) is 9.19. The molecule has 2 heterocycles. The minimum Gasteiger partial charge on any atom is -0.396 e. The van der Waals surface area contributed by atoms with Crippen molar-refractivity contribution in [2.45, 2.75) is 6.54 Å². The summed E-state index contributed by atoms with van der Waals surface area (Å²) in [6.45, 7) is 0.356. The molecule has 0 aliphatic rings. The molecule has 3 N–H and O–H groups in total. The molecule has 7 heteroatoms. The Labute approximate surface area is 100 Å². The summed E-state index contributed by atoms with van der Waals surface area (Å²) in [4.78, 5) is 7.06. The first-order valence-electron chi connectivity index (χ1n) is 5.23. The van der Waals surface area contributed by atoms with Gasteiger partial charge in [0.1, 0.15) is 5.82 Å². The predicted molar refractivity (Wildman–Crippen MR) is 61.8 cm³/mol. The van der Waals surface area contributed by atoms with Gasteiger partial charge >= 0.3 is 0 Å². The summed E-state index contributed by atoms with van der Waals surface area (Å²) >= 11 is 0. The summed E-state index contributed by atoms with van der Waals surface area (Å²) in [6, 6.07) is 2.14. The molecule has 3 aromatic rings. The average molecular weight is 249 g/mol. The lowest BCUT2D eigenvalue weighted by Gasteiger charge is -1.95. The second kappa shape index (κ2) is 3.80. The molecule has 0 saturated heterocycles. The lowest BCUT2D eigenvalue weighted by molar-refractivity contribution is 0.510. The number of H-pyrrole nitrogens is 1. The van der Waals surface area contributed by atoms with Gasteiger partial charge in [-0.05, 0) is 0 Å². The molecule has 0 radical (unpaired) electrons. The van der Waals surface area contributed by atoms with Crippen LogP contribution in [0.4, 0.5) is 14.5 Å². The molecule has 1 aromatic carbocycles. The van der Waals surface area contributed by atoms with E-state index in [4.69, 9.17) is 5.73 Å². The SMILES string of the molecule is Nc1cnn(Cc2nc3cc(F)c(F)cc3[nH]2)c1. The zero-order chi connectivity index (χ0) is 12.7. The van der Waals surface area contributed by atoms with Gasteiger partial charge in [0.15, 0.2) is 11.6 Å². The van der Waals surface area contributed by atoms with Crippen molar-refractivity contribution in [3.63, 3.8) is 0 Å². The maximum absolute atomic E-state index is 13.0. The minimum atomic E-state index is -0.913. The fourth-order valence-corrected chi connectivity index (χ4v) is 1.75. The molecule has 0 amide bonds. The van der Waals surface area contributed by atoms with E-state index < -0.39 is 11.6 Å². The Morgan fingerprint density at radius 1 is 1.28 bits per heavy atom. The van der Waals surface area contributed by atoms with Crippen LogP contribution in [0.5, 0.6) is 0 Å². The van der Waals surface area contributed by atoms with Crippen LogP contribution < -0.4 is 5.73 Å². The fourth-order valence-electron chi connectivity index (χ4n) is 1.75. The molecule has 18 heavy (non-hydrogen) atoms. The number of halogens is 2. The Bertz CT molecular complexity index is 676. The van der Waals surface area contributed by atoms with Gasteiger partial charge in [-0.3, -0.25) is 4.68 Å². The van der Waals surface area contributed by atoms with Crippen molar-refractivity contribution in [3.8, 4) is 0 Å². The van der Waals surface area contributed by atoms with E-state index >= 15 is 0 Å². The number of anilines is 1. The van der Waals surface area contributed by atoms with Crippen LogP contribution in [0.15, 0.2) is 24.5 Å². The molecule has 3 rings (SSSR count). The summed E-state index contributed by atoms with van der Waals surface area (Å²) in [7, 11) is 0. The Balaban J connectivity index is 1.98. The molecule has 0 atom stereocenters. The van der Waals surface area contributed by atoms with Gasteiger partial charge in [-0.1, -0.05) is 0 Å². The maximum Gasteiger partial charge on any atom is 0.161 e. The molecule has 0 unspecified atom stereocenters. The van der Waals surface area contributed by atoms with Gasteiger partial charge in [0.05, 0.1) is 29.5 Å². The van der Waals surface area contributed by atoms with Gasteiger partial charge < -0.3 is 10.7 Å². The Hall–Kier alpha value is -2.44. The zero-order valence-corrected chi connectivity index (χ0v) is 9.19. The van der Waals surface area contributed by atoms with E-state index in [0.717, 1.165) is 12.1 Å². The number of rotatable bonds is 2. The van der Waals surface area contributed by atoms with Crippen LogP contribution >= 0.6 is 0 Å². The van der Waals surface area contributed by atoms with Crippen molar-refractivity contribution < 1.29 is 8.78 Å². The summed E-state index contributed by atoms with van der Waals surface area (Å²) in [6.07, 6.45) is 3.16. The summed E-state index contributed by atoms with van der Waals surface area (Å²) in [5.74, 6) is -1.26. The van der Waals surface area contributed by atoms with E-state index in [-0.39, 0.29) is 0 Å². The lowest BCUT2D eigenvalue weighted by atomic mass is 10.3. The number of aromatic nitrogens is 4. The van der Waals surface area contributed by atoms with E-state index in [9.17, 15) is 8.78 Å². The van der Waals surface area contributed by atoms with E-state index in [1.54, 1.807) is 10.9 Å². The Morgan fingerprint density at radius 2 is 2.06 bits per heavy atom. The summed E-state index contributed by atoms with van der Waals surface area (Å²) in [5.41, 5.74) is 6.91. The standard InChI is InChI=1S/C11H9F2N5/c12-7-1-9-10(2-8(7)13)17-11(16-9)5-18-4-6(14)3-15-18/h1-4H,5,14H2,(H,16,17). The van der Waals surface area contributed by atoms with Gasteiger partial charge in [0.2, 0.25) is 0 Å². The number of nitrogens with one attached hydrogen (secondary N) is 1. The highest BCUT2D eigenvalue weighted by molar-refractivity contribution is 5.75. The van der Waals surface area contributed by atoms with Gasteiger partial charge in [0.25, 0.3) is 0 Å². The van der Waals surface area contributed by atoms with Crippen molar-refractivity contribution in [2.24, 2.45) is 0 Å². The van der Waals surface area contributed by atoms with Crippen LogP contribution in [-0.4, -0.2) is 19.7 Å². The third-order valence-corrected chi connectivity index (χ3v) is 2.54. The lowest BCUT2D eigenvalue weighted by Crippen LogP contribution is -2.01. The number of nitrogen functional groups attached to an aromatic ring is 1. The van der Waals surface area contributed by atoms with Crippen LogP contribution in [-0.2, 0) is 6.54 Å². The van der Waals surface area contributed by atoms with E-state index in [2.05, 4.69) is 15.1 Å². The quantitative estimate of drug-likeness (QED) is 0.725. The van der Waals surface area contributed by atoms with Crippen molar-refractivity contribution in [2.75, 3.05) is 5.73 Å². The molecule has 0 spiro atoms. The predicted octanol–water partition coefficient (Wildman–Crippen LogP) is 1.67. The number of aromatic amines is 1. The maximum atomic E-state index is 13.0. The fraction of sp³-hybridized carbons (Fsp3) is 0.0909. The molecular formula is C11H9F2N5.